The van der Waals surface area contributed by atoms with Crippen LogP contribution in [0.3, 0.4) is 0 Å². The number of benzene rings is 1. The monoisotopic (exact) mass is 270 g/mol. The Labute approximate surface area is 110 Å². The molecule has 0 fully saturated rings. The molecule has 4 nitrogen and oxygen atoms in total. The highest BCUT2D eigenvalue weighted by molar-refractivity contribution is 7.89. The minimum atomic E-state index is -3.48. The van der Waals surface area contributed by atoms with Gasteiger partial charge in [0, 0.05) is 12.6 Å². The SMILES string of the molecule is CCCC(CN)NS(=O)(=O)c1cc(C)ccc1C. The fourth-order valence-electron chi connectivity index (χ4n) is 1.85. The number of hydrogen-bond donors (Lipinski definition) is 2. The molecule has 0 heterocycles. The Bertz CT molecular complexity index is 498. The molecule has 1 unspecified atom stereocenters. The van der Waals surface area contributed by atoms with Gasteiger partial charge in [-0.25, -0.2) is 13.1 Å². The molecule has 0 aliphatic heterocycles. The van der Waals surface area contributed by atoms with E-state index in [1.54, 1.807) is 13.0 Å². The van der Waals surface area contributed by atoms with Crippen LogP contribution in [-0.4, -0.2) is 21.0 Å². The molecule has 0 radical (unpaired) electrons. The summed E-state index contributed by atoms with van der Waals surface area (Å²) in [5.41, 5.74) is 7.27. The third-order valence-corrected chi connectivity index (χ3v) is 4.54. The molecule has 18 heavy (non-hydrogen) atoms. The Morgan fingerprint density at radius 2 is 2.00 bits per heavy atom. The van der Waals surface area contributed by atoms with E-state index in [0.717, 1.165) is 24.0 Å². The number of nitrogens with two attached hydrogens (primary N) is 1. The predicted octanol–water partition coefficient (Wildman–Crippen LogP) is 1.71. The fraction of sp³-hybridized carbons (Fsp3) is 0.538. The molecule has 0 aliphatic carbocycles. The number of aryl methyl sites for hydroxylation is 2. The van der Waals surface area contributed by atoms with Crippen LogP contribution in [0, 0.1) is 13.8 Å². The van der Waals surface area contributed by atoms with Gasteiger partial charge >= 0.3 is 0 Å². The van der Waals surface area contributed by atoms with Gasteiger partial charge in [-0.3, -0.25) is 0 Å². The molecule has 0 aromatic heterocycles. The van der Waals surface area contributed by atoms with Crippen LogP contribution in [0.5, 0.6) is 0 Å². The summed E-state index contributed by atoms with van der Waals surface area (Å²) in [7, 11) is -3.48. The Kier molecular flexibility index (Phi) is 5.31. The van der Waals surface area contributed by atoms with E-state index >= 15 is 0 Å². The molecule has 1 rings (SSSR count). The first-order valence-corrected chi connectivity index (χ1v) is 7.68. The molecule has 102 valence electrons. The smallest absolute Gasteiger partial charge is 0.241 e. The van der Waals surface area contributed by atoms with Gasteiger partial charge in [-0.15, -0.1) is 0 Å². The summed E-state index contributed by atoms with van der Waals surface area (Å²) >= 11 is 0. The van der Waals surface area contributed by atoms with E-state index in [4.69, 9.17) is 5.73 Å². The van der Waals surface area contributed by atoms with E-state index in [9.17, 15) is 8.42 Å². The van der Waals surface area contributed by atoms with E-state index in [1.165, 1.54) is 0 Å². The lowest BCUT2D eigenvalue weighted by Crippen LogP contribution is -2.40. The van der Waals surface area contributed by atoms with Crippen LogP contribution in [0.15, 0.2) is 23.1 Å². The zero-order valence-electron chi connectivity index (χ0n) is 11.2. The van der Waals surface area contributed by atoms with Crippen LogP contribution in [-0.2, 0) is 10.0 Å². The molecule has 1 atom stereocenters. The molecule has 0 saturated carbocycles. The van der Waals surface area contributed by atoms with Crippen molar-refractivity contribution in [1.82, 2.24) is 4.72 Å². The molecule has 3 N–H and O–H groups in total. The first-order valence-electron chi connectivity index (χ1n) is 6.20. The zero-order chi connectivity index (χ0) is 13.8. The highest BCUT2D eigenvalue weighted by atomic mass is 32.2. The van der Waals surface area contributed by atoms with Crippen molar-refractivity contribution in [3.8, 4) is 0 Å². The van der Waals surface area contributed by atoms with Crippen molar-refractivity contribution in [2.75, 3.05) is 6.54 Å². The molecule has 1 aromatic carbocycles. The molecule has 0 saturated heterocycles. The number of hydrogen-bond acceptors (Lipinski definition) is 3. The number of nitrogens with one attached hydrogen (secondary N) is 1. The Hall–Kier alpha value is -0.910. The first-order chi connectivity index (χ1) is 8.40. The molecule has 0 spiro atoms. The zero-order valence-corrected chi connectivity index (χ0v) is 12.0. The average molecular weight is 270 g/mol. The highest BCUT2D eigenvalue weighted by Crippen LogP contribution is 2.17. The van der Waals surface area contributed by atoms with E-state index < -0.39 is 10.0 Å². The van der Waals surface area contributed by atoms with Gasteiger partial charge in [0.1, 0.15) is 0 Å². The Morgan fingerprint density at radius 3 is 2.56 bits per heavy atom. The third-order valence-electron chi connectivity index (χ3n) is 2.88. The van der Waals surface area contributed by atoms with Crippen molar-refractivity contribution < 1.29 is 8.42 Å². The largest absolute Gasteiger partial charge is 0.329 e. The van der Waals surface area contributed by atoms with Gasteiger partial charge in [-0.2, -0.15) is 0 Å². The molecule has 0 amide bonds. The van der Waals surface area contributed by atoms with Crippen LogP contribution in [0.2, 0.25) is 0 Å². The molecular formula is C13H22N2O2S. The standard InChI is InChI=1S/C13H22N2O2S/c1-4-5-12(9-14)15-18(16,17)13-8-10(2)6-7-11(13)3/h6-8,12,15H,4-5,9,14H2,1-3H3. The second-order valence-corrected chi connectivity index (χ2v) is 6.29. The molecule has 0 aliphatic rings. The summed E-state index contributed by atoms with van der Waals surface area (Å²) in [6.07, 6.45) is 1.65. The maximum Gasteiger partial charge on any atom is 0.241 e. The van der Waals surface area contributed by atoms with Gasteiger partial charge < -0.3 is 5.73 Å². The fourth-order valence-corrected chi connectivity index (χ4v) is 3.47. The lowest BCUT2D eigenvalue weighted by atomic mass is 10.2. The van der Waals surface area contributed by atoms with Crippen LogP contribution in [0.4, 0.5) is 0 Å². The molecular weight excluding hydrogens is 248 g/mol. The van der Waals surface area contributed by atoms with Gasteiger partial charge in [0.2, 0.25) is 10.0 Å². The lowest BCUT2D eigenvalue weighted by molar-refractivity contribution is 0.526. The topological polar surface area (TPSA) is 72.2 Å². The summed E-state index contributed by atoms with van der Waals surface area (Å²) in [5, 5.41) is 0. The van der Waals surface area contributed by atoms with E-state index in [2.05, 4.69) is 4.72 Å². The highest BCUT2D eigenvalue weighted by Gasteiger charge is 2.20. The minimum absolute atomic E-state index is 0.195. The van der Waals surface area contributed by atoms with Crippen molar-refractivity contribution >= 4 is 10.0 Å². The summed E-state index contributed by atoms with van der Waals surface area (Å²) in [4.78, 5) is 0.344. The van der Waals surface area contributed by atoms with Crippen LogP contribution in [0.1, 0.15) is 30.9 Å². The van der Waals surface area contributed by atoms with Crippen LogP contribution in [0.25, 0.3) is 0 Å². The summed E-state index contributed by atoms with van der Waals surface area (Å²) in [6, 6.07) is 5.22. The number of sulfonamides is 1. The van der Waals surface area contributed by atoms with Gasteiger partial charge in [0.05, 0.1) is 4.90 Å². The van der Waals surface area contributed by atoms with Gasteiger partial charge in [0.15, 0.2) is 0 Å². The van der Waals surface area contributed by atoms with E-state index in [1.807, 2.05) is 26.0 Å². The Morgan fingerprint density at radius 1 is 1.33 bits per heavy atom. The van der Waals surface area contributed by atoms with Crippen LogP contribution < -0.4 is 10.5 Å². The maximum absolute atomic E-state index is 12.3. The van der Waals surface area contributed by atoms with Crippen molar-refractivity contribution in [2.24, 2.45) is 5.73 Å². The second kappa shape index (κ2) is 6.31. The maximum atomic E-state index is 12.3. The molecule has 0 bridgehead atoms. The summed E-state index contributed by atoms with van der Waals surface area (Å²) in [5.74, 6) is 0. The van der Waals surface area contributed by atoms with Gasteiger partial charge in [0.25, 0.3) is 0 Å². The second-order valence-electron chi connectivity index (χ2n) is 4.61. The van der Waals surface area contributed by atoms with Crippen molar-refractivity contribution in [1.29, 1.82) is 0 Å². The molecule has 5 heteroatoms. The Balaban J connectivity index is 3.02. The third kappa shape index (κ3) is 3.80. The summed E-state index contributed by atoms with van der Waals surface area (Å²) < 4.78 is 27.2. The van der Waals surface area contributed by atoms with Gasteiger partial charge in [-0.05, 0) is 37.5 Å². The predicted molar refractivity (Wildman–Crippen MR) is 74.0 cm³/mol. The minimum Gasteiger partial charge on any atom is -0.329 e. The van der Waals surface area contributed by atoms with Crippen molar-refractivity contribution in [3.05, 3.63) is 29.3 Å². The summed E-state index contributed by atoms with van der Waals surface area (Å²) in [6.45, 7) is 6.00. The number of rotatable bonds is 6. The first kappa shape index (κ1) is 15.1. The lowest BCUT2D eigenvalue weighted by Gasteiger charge is -2.17. The average Bonchev–Trinajstić information content (AvgIpc) is 2.31. The molecule has 1 aromatic rings. The van der Waals surface area contributed by atoms with E-state index in [0.29, 0.717) is 11.4 Å². The van der Waals surface area contributed by atoms with Crippen LogP contribution >= 0.6 is 0 Å². The van der Waals surface area contributed by atoms with E-state index in [-0.39, 0.29) is 6.04 Å². The van der Waals surface area contributed by atoms with Gasteiger partial charge in [-0.1, -0.05) is 25.5 Å². The normalized spacial score (nSPS) is 13.6. The van der Waals surface area contributed by atoms with Crippen molar-refractivity contribution in [2.45, 2.75) is 44.6 Å². The van der Waals surface area contributed by atoms with Crippen molar-refractivity contribution in [3.63, 3.8) is 0 Å². The quantitative estimate of drug-likeness (QED) is 0.826.